The molecule has 2 aromatic carbocycles. The number of nitrogens with one attached hydrogen (secondary N) is 1. The fourth-order valence-electron chi connectivity index (χ4n) is 3.07. The van der Waals surface area contributed by atoms with Gasteiger partial charge in [0.05, 0.1) is 34.2 Å². The number of aromatic amines is 1. The Morgan fingerprint density at radius 1 is 1.15 bits per heavy atom. The Balaban J connectivity index is 1.86. The van der Waals surface area contributed by atoms with Crippen LogP contribution in [-0.2, 0) is 16.6 Å². The molecule has 7 nitrogen and oxygen atoms in total. The van der Waals surface area contributed by atoms with Crippen molar-refractivity contribution in [1.29, 1.82) is 0 Å². The van der Waals surface area contributed by atoms with Crippen molar-refractivity contribution < 1.29 is 8.42 Å². The summed E-state index contributed by atoms with van der Waals surface area (Å²) in [6.07, 6.45) is 1.65. The van der Waals surface area contributed by atoms with Crippen molar-refractivity contribution >= 4 is 32.0 Å². The molecule has 0 amide bonds. The molecule has 4 aromatic rings. The summed E-state index contributed by atoms with van der Waals surface area (Å²) < 4.78 is 24.4. The first-order chi connectivity index (χ1) is 12.3. The third-order valence-electron chi connectivity index (χ3n) is 4.35. The molecule has 8 heteroatoms. The maximum Gasteiger partial charge on any atom is 0.326 e. The highest BCUT2D eigenvalue weighted by Gasteiger charge is 2.13. The van der Waals surface area contributed by atoms with Crippen LogP contribution < -0.4 is 10.8 Å². The Morgan fingerprint density at radius 3 is 2.58 bits per heavy atom. The number of nitrogens with zero attached hydrogens (tertiary/aromatic N) is 2. The number of hydrogen-bond donors (Lipinski definition) is 2. The Morgan fingerprint density at radius 2 is 1.88 bits per heavy atom. The standard InChI is InChI=1S/C18H16N4O3S/c1-11-2-7-14-15(8-11)20-9-16-17(14)22(18(23)21-16)10-12-3-5-13(6-4-12)26(19,24)25/h2-9H,10H2,1H3,(H,21,23)(H2,19,24,25). The van der Waals surface area contributed by atoms with E-state index in [0.29, 0.717) is 12.1 Å². The summed E-state index contributed by atoms with van der Waals surface area (Å²) in [5.74, 6) is 0. The highest BCUT2D eigenvalue weighted by molar-refractivity contribution is 7.89. The predicted octanol–water partition coefficient (Wildman–Crippen LogP) is 1.88. The zero-order chi connectivity index (χ0) is 18.5. The Labute approximate surface area is 149 Å². The number of rotatable bonds is 3. The molecule has 0 aliphatic heterocycles. The van der Waals surface area contributed by atoms with Gasteiger partial charge in [0.1, 0.15) is 0 Å². The number of pyridine rings is 1. The van der Waals surface area contributed by atoms with Crippen LogP contribution in [0.2, 0.25) is 0 Å². The minimum atomic E-state index is -3.74. The monoisotopic (exact) mass is 368 g/mol. The normalized spacial score (nSPS) is 12.1. The predicted molar refractivity (Wildman–Crippen MR) is 99.5 cm³/mol. The molecule has 0 unspecified atom stereocenters. The number of hydrogen-bond acceptors (Lipinski definition) is 4. The van der Waals surface area contributed by atoms with Crippen LogP contribution in [0.5, 0.6) is 0 Å². The lowest BCUT2D eigenvalue weighted by molar-refractivity contribution is 0.597. The van der Waals surface area contributed by atoms with Gasteiger partial charge in [0.25, 0.3) is 0 Å². The summed E-state index contributed by atoms with van der Waals surface area (Å²) in [6.45, 7) is 2.29. The van der Waals surface area contributed by atoms with E-state index >= 15 is 0 Å². The van der Waals surface area contributed by atoms with Gasteiger partial charge >= 0.3 is 5.69 Å². The first-order valence-corrected chi connectivity index (χ1v) is 9.47. The van der Waals surface area contributed by atoms with E-state index in [1.165, 1.54) is 12.1 Å². The van der Waals surface area contributed by atoms with E-state index in [-0.39, 0.29) is 10.6 Å². The zero-order valence-corrected chi connectivity index (χ0v) is 14.7. The second-order valence-electron chi connectivity index (χ2n) is 6.25. The molecule has 0 aliphatic rings. The molecule has 2 heterocycles. The van der Waals surface area contributed by atoms with Crippen LogP contribution in [0.15, 0.2) is 58.4 Å². The van der Waals surface area contributed by atoms with Crippen molar-refractivity contribution in [2.75, 3.05) is 0 Å². The lowest BCUT2D eigenvalue weighted by Gasteiger charge is -2.07. The van der Waals surface area contributed by atoms with Crippen molar-refractivity contribution in [3.05, 3.63) is 70.3 Å². The van der Waals surface area contributed by atoms with E-state index in [4.69, 9.17) is 5.14 Å². The van der Waals surface area contributed by atoms with E-state index in [1.807, 2.05) is 25.1 Å². The molecular weight excluding hydrogens is 352 g/mol. The van der Waals surface area contributed by atoms with Gasteiger partial charge in [-0.1, -0.05) is 24.3 Å². The lowest BCUT2D eigenvalue weighted by atomic mass is 10.1. The SMILES string of the molecule is Cc1ccc2c(c1)ncc1[nH]c(=O)n(Cc3ccc(S(N)(=O)=O)cc3)c12. The summed E-state index contributed by atoms with van der Waals surface area (Å²) in [6, 6.07) is 12.1. The van der Waals surface area contributed by atoms with Crippen LogP contribution in [0.25, 0.3) is 21.9 Å². The smallest absolute Gasteiger partial charge is 0.304 e. The average Bonchev–Trinajstić information content (AvgIpc) is 2.90. The minimum Gasteiger partial charge on any atom is -0.304 e. The fourth-order valence-corrected chi connectivity index (χ4v) is 3.59. The number of aryl methyl sites for hydroxylation is 1. The molecule has 3 N–H and O–H groups in total. The minimum absolute atomic E-state index is 0.0395. The Bertz CT molecular complexity index is 1300. The van der Waals surface area contributed by atoms with Crippen molar-refractivity contribution in [2.45, 2.75) is 18.4 Å². The van der Waals surface area contributed by atoms with Crippen molar-refractivity contribution in [1.82, 2.24) is 14.5 Å². The van der Waals surface area contributed by atoms with Crippen LogP contribution in [-0.4, -0.2) is 23.0 Å². The summed E-state index contributed by atoms with van der Waals surface area (Å²) in [4.78, 5) is 19.7. The molecule has 0 aliphatic carbocycles. The molecule has 0 atom stereocenters. The van der Waals surface area contributed by atoms with Crippen LogP contribution in [0, 0.1) is 6.92 Å². The highest BCUT2D eigenvalue weighted by atomic mass is 32.2. The van der Waals surface area contributed by atoms with Crippen LogP contribution >= 0.6 is 0 Å². The number of benzene rings is 2. The summed E-state index contributed by atoms with van der Waals surface area (Å²) in [7, 11) is -3.74. The van der Waals surface area contributed by atoms with Gasteiger partial charge in [0.2, 0.25) is 10.0 Å². The quantitative estimate of drug-likeness (QED) is 0.575. The van der Waals surface area contributed by atoms with Gasteiger partial charge in [-0.25, -0.2) is 18.4 Å². The number of imidazole rings is 1. The number of aromatic nitrogens is 3. The van der Waals surface area contributed by atoms with Crippen molar-refractivity contribution in [2.24, 2.45) is 5.14 Å². The summed E-state index contributed by atoms with van der Waals surface area (Å²) in [5.41, 5.74) is 3.88. The summed E-state index contributed by atoms with van der Waals surface area (Å²) >= 11 is 0. The first-order valence-electron chi connectivity index (χ1n) is 7.92. The van der Waals surface area contributed by atoms with Gasteiger partial charge in [-0.3, -0.25) is 9.55 Å². The van der Waals surface area contributed by atoms with Gasteiger partial charge in [0.15, 0.2) is 0 Å². The van der Waals surface area contributed by atoms with Crippen LogP contribution in [0.3, 0.4) is 0 Å². The molecule has 26 heavy (non-hydrogen) atoms. The van der Waals surface area contributed by atoms with Crippen LogP contribution in [0.4, 0.5) is 0 Å². The molecule has 0 bridgehead atoms. The Hall–Kier alpha value is -2.97. The zero-order valence-electron chi connectivity index (χ0n) is 13.9. The molecule has 0 spiro atoms. The topological polar surface area (TPSA) is 111 Å². The van der Waals surface area contributed by atoms with Crippen LogP contribution in [0.1, 0.15) is 11.1 Å². The first kappa shape index (κ1) is 16.5. The molecular formula is C18H16N4O3S. The molecule has 0 radical (unpaired) electrons. The largest absolute Gasteiger partial charge is 0.326 e. The molecule has 0 saturated carbocycles. The second-order valence-corrected chi connectivity index (χ2v) is 7.81. The molecule has 132 valence electrons. The van der Waals surface area contributed by atoms with Gasteiger partial charge in [-0.05, 0) is 36.2 Å². The lowest BCUT2D eigenvalue weighted by Crippen LogP contribution is -2.17. The van der Waals surface area contributed by atoms with E-state index in [9.17, 15) is 13.2 Å². The molecule has 0 saturated heterocycles. The van der Waals surface area contributed by atoms with E-state index in [2.05, 4.69) is 9.97 Å². The third-order valence-corrected chi connectivity index (χ3v) is 5.27. The van der Waals surface area contributed by atoms with E-state index < -0.39 is 10.0 Å². The highest BCUT2D eigenvalue weighted by Crippen LogP contribution is 2.23. The molecule has 2 aromatic heterocycles. The number of sulfonamides is 1. The Kier molecular flexibility index (Phi) is 3.67. The third kappa shape index (κ3) is 2.79. The fraction of sp³-hybridized carbons (Fsp3) is 0.111. The van der Waals surface area contributed by atoms with Gasteiger partial charge < -0.3 is 4.98 Å². The van der Waals surface area contributed by atoms with Gasteiger partial charge in [-0.2, -0.15) is 0 Å². The number of nitrogens with two attached hydrogens (primary N) is 1. The van der Waals surface area contributed by atoms with Crippen molar-refractivity contribution in [3.63, 3.8) is 0 Å². The summed E-state index contributed by atoms with van der Waals surface area (Å²) in [5, 5.41) is 6.00. The molecule has 4 rings (SSSR count). The average molecular weight is 368 g/mol. The van der Waals surface area contributed by atoms with Crippen molar-refractivity contribution in [3.8, 4) is 0 Å². The number of primary sulfonamides is 1. The maximum absolute atomic E-state index is 12.4. The molecule has 0 fully saturated rings. The second kappa shape index (κ2) is 5.79. The number of H-pyrrole nitrogens is 1. The van der Waals surface area contributed by atoms with E-state index in [1.54, 1.807) is 22.9 Å². The van der Waals surface area contributed by atoms with Gasteiger partial charge in [-0.15, -0.1) is 0 Å². The van der Waals surface area contributed by atoms with E-state index in [0.717, 1.165) is 27.5 Å². The maximum atomic E-state index is 12.4. The van der Waals surface area contributed by atoms with Gasteiger partial charge in [0, 0.05) is 5.39 Å². The number of fused-ring (bicyclic) bond motifs is 3.